The monoisotopic (exact) mass is 441 g/mol. The minimum Gasteiger partial charge on any atom is -0.454 e. The molecule has 2 aromatic rings. The van der Waals surface area contributed by atoms with Crippen molar-refractivity contribution in [1.82, 2.24) is 20.7 Å². The third kappa shape index (κ3) is 6.34. The number of rotatable bonds is 7. The van der Waals surface area contributed by atoms with E-state index in [4.69, 9.17) is 4.42 Å². The highest BCUT2D eigenvalue weighted by Crippen LogP contribution is 2.18. The van der Waals surface area contributed by atoms with Gasteiger partial charge < -0.3 is 14.6 Å². The Kier molecular flexibility index (Phi) is 8.27. The Morgan fingerprint density at radius 1 is 1.06 bits per heavy atom. The summed E-state index contributed by atoms with van der Waals surface area (Å²) in [4.78, 5) is 41.2. The minimum absolute atomic E-state index is 0.139. The first-order chi connectivity index (χ1) is 15.5. The van der Waals surface area contributed by atoms with E-state index in [9.17, 15) is 14.4 Å². The number of piperidine rings is 1. The van der Waals surface area contributed by atoms with Gasteiger partial charge in [-0.3, -0.25) is 25.3 Å². The van der Waals surface area contributed by atoms with Crippen LogP contribution in [0.2, 0.25) is 0 Å². The quantitative estimate of drug-likeness (QED) is 0.573. The van der Waals surface area contributed by atoms with Gasteiger partial charge in [0.15, 0.2) is 5.76 Å². The van der Waals surface area contributed by atoms with E-state index in [2.05, 4.69) is 34.9 Å². The van der Waals surface area contributed by atoms with Crippen LogP contribution in [0, 0.1) is 5.92 Å². The summed E-state index contributed by atoms with van der Waals surface area (Å²) < 4.78 is 5.60. The third-order valence-electron chi connectivity index (χ3n) is 5.56. The molecule has 3 rings (SSSR count). The molecule has 2 heterocycles. The van der Waals surface area contributed by atoms with Crippen molar-refractivity contribution in [2.24, 2.45) is 5.92 Å². The highest BCUT2D eigenvalue weighted by Gasteiger charge is 2.29. The summed E-state index contributed by atoms with van der Waals surface area (Å²) in [6.07, 6.45) is 1.35. The maximum atomic E-state index is 12.6. The number of anilines is 1. The number of carbonyl (C=O) groups excluding carboxylic acids is 3. The average molecular weight is 442 g/mol. The van der Waals surface area contributed by atoms with Gasteiger partial charge in [-0.25, -0.2) is 4.79 Å². The van der Waals surface area contributed by atoms with Gasteiger partial charge in [0, 0.05) is 18.8 Å². The van der Waals surface area contributed by atoms with Crippen LogP contribution in [0.5, 0.6) is 0 Å². The number of amides is 4. The van der Waals surface area contributed by atoms with Crippen molar-refractivity contribution in [1.29, 1.82) is 0 Å². The molecule has 1 aromatic carbocycles. The number of hydrazine groups is 1. The zero-order valence-corrected chi connectivity index (χ0v) is 18.6. The molecular weight excluding hydrogens is 410 g/mol. The van der Waals surface area contributed by atoms with E-state index in [0.717, 1.165) is 13.1 Å². The molecule has 0 spiro atoms. The Hall–Kier alpha value is -3.33. The summed E-state index contributed by atoms with van der Waals surface area (Å²) in [5.41, 5.74) is 5.58. The van der Waals surface area contributed by atoms with Crippen LogP contribution in [0.25, 0.3) is 0 Å². The second kappa shape index (κ2) is 11.3. The number of nitrogens with zero attached hydrogens (tertiary/aromatic N) is 2. The largest absolute Gasteiger partial charge is 0.454 e. The predicted molar refractivity (Wildman–Crippen MR) is 121 cm³/mol. The Morgan fingerprint density at radius 3 is 2.53 bits per heavy atom. The maximum Gasteiger partial charge on any atom is 0.321 e. The van der Waals surface area contributed by atoms with Gasteiger partial charge in [0.25, 0.3) is 0 Å². The summed E-state index contributed by atoms with van der Waals surface area (Å²) in [5, 5.41) is 2.84. The lowest BCUT2D eigenvalue weighted by atomic mass is 9.98. The van der Waals surface area contributed by atoms with Crippen molar-refractivity contribution in [3.8, 4) is 0 Å². The summed E-state index contributed by atoms with van der Waals surface area (Å²) >= 11 is 0. The van der Waals surface area contributed by atoms with Gasteiger partial charge in [-0.15, -0.1) is 0 Å². The molecule has 0 bridgehead atoms. The topological polar surface area (TPSA) is 107 Å². The zero-order valence-electron chi connectivity index (χ0n) is 18.6. The Balaban J connectivity index is 1.47. The van der Waals surface area contributed by atoms with E-state index in [1.54, 1.807) is 17.0 Å². The maximum absolute atomic E-state index is 12.6. The molecule has 1 aromatic heterocycles. The predicted octanol–water partition coefficient (Wildman–Crippen LogP) is 2.83. The lowest BCUT2D eigenvalue weighted by Gasteiger charge is -2.32. The highest BCUT2D eigenvalue weighted by molar-refractivity contribution is 5.93. The number of hydrogen-bond acceptors (Lipinski definition) is 5. The molecule has 1 unspecified atom stereocenters. The van der Waals surface area contributed by atoms with Crippen molar-refractivity contribution in [3.05, 3.63) is 54.0 Å². The van der Waals surface area contributed by atoms with Crippen LogP contribution in [0.3, 0.4) is 0 Å². The second-order valence-electron chi connectivity index (χ2n) is 7.75. The van der Waals surface area contributed by atoms with Gasteiger partial charge in [0.05, 0.1) is 12.5 Å². The molecule has 4 amide bonds. The van der Waals surface area contributed by atoms with E-state index in [0.29, 0.717) is 37.4 Å². The third-order valence-corrected chi connectivity index (χ3v) is 5.56. The van der Waals surface area contributed by atoms with E-state index in [-0.39, 0.29) is 24.2 Å². The summed E-state index contributed by atoms with van der Waals surface area (Å²) in [6.45, 7) is 7.38. The second-order valence-corrected chi connectivity index (χ2v) is 7.75. The molecule has 1 atom stereocenters. The number of furan rings is 1. The average Bonchev–Trinajstić information content (AvgIpc) is 3.30. The van der Waals surface area contributed by atoms with Crippen molar-refractivity contribution >= 4 is 23.5 Å². The van der Waals surface area contributed by atoms with Crippen LogP contribution in [0.1, 0.15) is 43.0 Å². The fraction of sp³-hybridized carbons (Fsp3) is 0.435. The normalized spacial score (nSPS) is 16.0. The molecule has 0 radical (unpaired) electrons. The van der Waals surface area contributed by atoms with Crippen LogP contribution in [-0.2, 0) is 11.3 Å². The smallest absolute Gasteiger partial charge is 0.321 e. The fourth-order valence-electron chi connectivity index (χ4n) is 3.63. The molecule has 1 fully saturated rings. The van der Waals surface area contributed by atoms with Gasteiger partial charge in [0.1, 0.15) is 5.76 Å². The lowest BCUT2D eigenvalue weighted by Crippen LogP contribution is -2.50. The molecule has 1 saturated heterocycles. The molecule has 1 aliphatic rings. The van der Waals surface area contributed by atoms with E-state index in [1.165, 1.54) is 0 Å². The Morgan fingerprint density at radius 2 is 1.81 bits per heavy atom. The van der Waals surface area contributed by atoms with Gasteiger partial charge in [-0.1, -0.05) is 32.0 Å². The van der Waals surface area contributed by atoms with Crippen LogP contribution >= 0.6 is 0 Å². The van der Waals surface area contributed by atoms with Gasteiger partial charge in [-0.05, 0) is 50.2 Å². The van der Waals surface area contributed by atoms with Crippen molar-refractivity contribution in [3.63, 3.8) is 0 Å². The van der Waals surface area contributed by atoms with E-state index < -0.39 is 11.8 Å². The molecule has 172 valence electrons. The number of hydrogen-bond donors (Lipinski definition) is 3. The Labute approximate surface area is 188 Å². The molecule has 0 aliphatic carbocycles. The van der Waals surface area contributed by atoms with E-state index in [1.807, 2.05) is 30.3 Å². The van der Waals surface area contributed by atoms with Gasteiger partial charge >= 0.3 is 11.9 Å². The number of carbonyl (C=O) groups is 3. The van der Waals surface area contributed by atoms with Crippen LogP contribution in [0.15, 0.2) is 46.9 Å². The first-order valence-electron chi connectivity index (χ1n) is 11.0. The summed E-state index contributed by atoms with van der Waals surface area (Å²) in [7, 11) is 0. The van der Waals surface area contributed by atoms with Crippen LogP contribution in [0.4, 0.5) is 10.5 Å². The fourth-order valence-corrected chi connectivity index (χ4v) is 3.63. The van der Waals surface area contributed by atoms with Crippen molar-refractivity contribution in [2.75, 3.05) is 31.5 Å². The summed E-state index contributed by atoms with van der Waals surface area (Å²) in [6, 6.07) is 12.3. The summed E-state index contributed by atoms with van der Waals surface area (Å²) in [5.74, 6) is -0.415. The Bertz CT molecular complexity index is 910. The molecule has 3 N–H and O–H groups in total. The zero-order chi connectivity index (χ0) is 22.9. The molecule has 1 aliphatic heterocycles. The van der Waals surface area contributed by atoms with E-state index >= 15 is 0 Å². The molecule has 9 nitrogen and oxygen atoms in total. The lowest BCUT2D eigenvalue weighted by molar-refractivity contribution is -0.127. The van der Waals surface area contributed by atoms with Crippen molar-refractivity contribution < 1.29 is 18.8 Å². The highest BCUT2D eigenvalue weighted by atomic mass is 16.4. The van der Waals surface area contributed by atoms with Crippen LogP contribution in [-0.4, -0.2) is 53.8 Å². The molecule has 32 heavy (non-hydrogen) atoms. The first kappa shape index (κ1) is 23.3. The number of para-hydroxylation sites is 1. The first-order valence-corrected chi connectivity index (χ1v) is 11.0. The standard InChI is InChI=1S/C23H31N5O4/c1-3-27(4-2)16-19-12-13-20(32-19)22(30)26-25-21(29)17-9-8-14-28(15-17)23(31)24-18-10-6-5-7-11-18/h5-7,10-13,17H,3-4,8-9,14-16H2,1-2H3,(H,24,31)(H,25,29)(H,26,30). The molecule has 9 heteroatoms. The minimum atomic E-state index is -0.515. The number of benzene rings is 1. The van der Waals surface area contributed by atoms with Gasteiger partial charge in [-0.2, -0.15) is 0 Å². The number of nitrogens with one attached hydrogen (secondary N) is 3. The SMILES string of the molecule is CCN(CC)Cc1ccc(C(=O)NNC(=O)C2CCCN(C(=O)Nc3ccccc3)C2)o1. The molecular formula is C23H31N5O4. The number of likely N-dealkylation sites (tertiary alicyclic amines) is 1. The van der Waals surface area contributed by atoms with Gasteiger partial charge in [0.2, 0.25) is 5.91 Å². The number of urea groups is 1. The molecule has 0 saturated carbocycles. The van der Waals surface area contributed by atoms with Crippen LogP contribution < -0.4 is 16.2 Å². The van der Waals surface area contributed by atoms with Crippen molar-refractivity contribution in [2.45, 2.75) is 33.2 Å².